The standard InChI is InChI=1S/C25H31BrN4O2/c1-17-15-19(7-8-21(17)26)28-24-20-10-14-32-23(20)16-22(29-24)25(31)27-11-9-18(2)30-12-5-3-4-6-13-30/h7-8,10,14-16,18H,3-6,9,11-13H2,1-2H3,(H,27,31)(H,28,29)/t18-/m0/s1. The van der Waals surface area contributed by atoms with Gasteiger partial charge in [-0.3, -0.25) is 4.79 Å². The van der Waals surface area contributed by atoms with Crippen LogP contribution in [0.1, 0.15) is 55.1 Å². The molecule has 2 N–H and O–H groups in total. The predicted octanol–water partition coefficient (Wildman–Crippen LogP) is 6.03. The number of anilines is 2. The zero-order chi connectivity index (χ0) is 22.5. The monoisotopic (exact) mass is 498 g/mol. The average Bonchev–Trinajstić information content (AvgIpc) is 3.09. The molecule has 3 aromatic rings. The number of hydrogen-bond acceptors (Lipinski definition) is 5. The number of rotatable bonds is 7. The van der Waals surface area contributed by atoms with Crippen LogP contribution in [0.4, 0.5) is 11.5 Å². The first-order valence-electron chi connectivity index (χ1n) is 11.4. The number of aromatic nitrogens is 1. The van der Waals surface area contributed by atoms with Crippen molar-refractivity contribution in [2.75, 3.05) is 25.0 Å². The number of aryl methyl sites for hydroxylation is 1. The van der Waals surface area contributed by atoms with E-state index in [-0.39, 0.29) is 5.91 Å². The number of carbonyl (C=O) groups excluding carboxylic acids is 1. The maximum atomic E-state index is 12.9. The van der Waals surface area contributed by atoms with Gasteiger partial charge in [-0.15, -0.1) is 0 Å². The van der Waals surface area contributed by atoms with Gasteiger partial charge < -0.3 is 20.0 Å². The first kappa shape index (κ1) is 22.8. The molecule has 4 rings (SSSR count). The Bertz CT molecular complexity index is 1070. The van der Waals surface area contributed by atoms with E-state index in [1.807, 2.05) is 31.2 Å². The number of halogens is 1. The van der Waals surface area contributed by atoms with E-state index in [1.54, 1.807) is 12.3 Å². The van der Waals surface area contributed by atoms with Crippen LogP contribution in [-0.2, 0) is 0 Å². The Kier molecular flexibility index (Phi) is 7.48. The normalized spacial score (nSPS) is 16.0. The molecule has 1 atom stereocenters. The lowest BCUT2D eigenvalue weighted by molar-refractivity contribution is 0.0943. The molecule has 2 aromatic heterocycles. The van der Waals surface area contributed by atoms with E-state index in [4.69, 9.17) is 4.42 Å². The second kappa shape index (κ2) is 10.5. The molecule has 1 fully saturated rings. The molecule has 0 spiro atoms. The van der Waals surface area contributed by atoms with Gasteiger partial charge in [0, 0.05) is 28.8 Å². The SMILES string of the molecule is Cc1cc(Nc2nc(C(=O)NCC[C@H](C)N3CCCCCC3)cc3occc23)ccc1Br. The van der Waals surface area contributed by atoms with Crippen LogP contribution in [0.25, 0.3) is 11.0 Å². The van der Waals surface area contributed by atoms with Gasteiger partial charge in [-0.1, -0.05) is 28.8 Å². The summed E-state index contributed by atoms with van der Waals surface area (Å²) in [6.45, 7) is 7.25. The summed E-state index contributed by atoms with van der Waals surface area (Å²) in [4.78, 5) is 20.0. The highest BCUT2D eigenvalue weighted by Gasteiger charge is 2.17. The summed E-state index contributed by atoms with van der Waals surface area (Å²) in [5.74, 6) is 0.433. The summed E-state index contributed by atoms with van der Waals surface area (Å²) in [6.07, 6.45) is 7.76. The van der Waals surface area contributed by atoms with Crippen molar-refractivity contribution in [3.8, 4) is 0 Å². The maximum absolute atomic E-state index is 12.9. The molecule has 3 heterocycles. The molecule has 0 aliphatic carbocycles. The summed E-state index contributed by atoms with van der Waals surface area (Å²) < 4.78 is 6.64. The van der Waals surface area contributed by atoms with E-state index in [2.05, 4.69) is 43.4 Å². The number of likely N-dealkylation sites (tertiary alicyclic amines) is 1. The lowest BCUT2D eigenvalue weighted by atomic mass is 10.2. The van der Waals surface area contributed by atoms with Gasteiger partial charge in [0.25, 0.3) is 5.91 Å². The van der Waals surface area contributed by atoms with E-state index >= 15 is 0 Å². The number of amides is 1. The average molecular weight is 499 g/mol. The number of nitrogens with zero attached hydrogens (tertiary/aromatic N) is 2. The van der Waals surface area contributed by atoms with Crippen LogP contribution < -0.4 is 10.6 Å². The van der Waals surface area contributed by atoms with Crippen LogP contribution in [0.3, 0.4) is 0 Å². The molecule has 1 saturated heterocycles. The zero-order valence-electron chi connectivity index (χ0n) is 18.8. The van der Waals surface area contributed by atoms with Gasteiger partial charge >= 0.3 is 0 Å². The summed E-state index contributed by atoms with van der Waals surface area (Å²) in [6, 6.07) is 10.0. The number of furan rings is 1. The minimum absolute atomic E-state index is 0.179. The van der Waals surface area contributed by atoms with Crippen LogP contribution in [0.15, 0.2) is 45.5 Å². The van der Waals surface area contributed by atoms with Gasteiger partial charge in [0.1, 0.15) is 17.1 Å². The molecule has 6 nitrogen and oxygen atoms in total. The minimum Gasteiger partial charge on any atom is -0.464 e. The van der Waals surface area contributed by atoms with Gasteiger partial charge in [-0.2, -0.15) is 0 Å². The summed E-state index contributed by atoms with van der Waals surface area (Å²) in [7, 11) is 0. The topological polar surface area (TPSA) is 70.4 Å². The highest BCUT2D eigenvalue weighted by Crippen LogP contribution is 2.28. The van der Waals surface area contributed by atoms with E-state index in [0.29, 0.717) is 29.7 Å². The molecule has 1 amide bonds. The van der Waals surface area contributed by atoms with Gasteiger partial charge in [-0.05, 0) is 76.0 Å². The number of benzene rings is 1. The molecule has 7 heteroatoms. The van der Waals surface area contributed by atoms with E-state index < -0.39 is 0 Å². The lowest BCUT2D eigenvalue weighted by Crippen LogP contribution is -2.37. The Morgan fingerprint density at radius 1 is 1.19 bits per heavy atom. The highest BCUT2D eigenvalue weighted by atomic mass is 79.9. The second-order valence-corrected chi connectivity index (χ2v) is 9.48. The number of carbonyl (C=O) groups is 1. The first-order chi connectivity index (χ1) is 15.5. The molecule has 1 aromatic carbocycles. The Hall–Kier alpha value is -2.38. The lowest BCUT2D eigenvalue weighted by Gasteiger charge is -2.27. The molecule has 1 aliphatic heterocycles. The van der Waals surface area contributed by atoms with Crippen LogP contribution in [0.2, 0.25) is 0 Å². The number of nitrogens with one attached hydrogen (secondary N) is 2. The Morgan fingerprint density at radius 3 is 2.72 bits per heavy atom. The van der Waals surface area contributed by atoms with Gasteiger partial charge in [0.05, 0.1) is 11.6 Å². The van der Waals surface area contributed by atoms with Crippen LogP contribution in [0, 0.1) is 6.92 Å². The summed E-state index contributed by atoms with van der Waals surface area (Å²) in [5, 5.41) is 7.23. The first-order valence-corrected chi connectivity index (χ1v) is 12.2. The largest absolute Gasteiger partial charge is 0.464 e. The van der Waals surface area contributed by atoms with Crippen LogP contribution >= 0.6 is 15.9 Å². The highest BCUT2D eigenvalue weighted by molar-refractivity contribution is 9.10. The second-order valence-electron chi connectivity index (χ2n) is 8.62. The van der Waals surface area contributed by atoms with Crippen molar-refractivity contribution in [1.29, 1.82) is 0 Å². The third-order valence-corrected chi connectivity index (χ3v) is 7.11. The number of hydrogen-bond donors (Lipinski definition) is 2. The van der Waals surface area contributed by atoms with E-state index in [9.17, 15) is 4.79 Å². The van der Waals surface area contributed by atoms with Crippen molar-refractivity contribution in [3.63, 3.8) is 0 Å². The van der Waals surface area contributed by atoms with Crippen molar-refractivity contribution in [1.82, 2.24) is 15.2 Å². The molecular formula is C25H31BrN4O2. The molecule has 0 bridgehead atoms. The van der Waals surface area contributed by atoms with Gasteiger partial charge in [0.2, 0.25) is 0 Å². The minimum atomic E-state index is -0.179. The molecular weight excluding hydrogens is 468 g/mol. The Morgan fingerprint density at radius 2 is 1.97 bits per heavy atom. The molecule has 32 heavy (non-hydrogen) atoms. The fourth-order valence-corrected chi connectivity index (χ4v) is 4.49. The van der Waals surface area contributed by atoms with Gasteiger partial charge in [-0.25, -0.2) is 4.98 Å². The molecule has 170 valence electrons. The summed E-state index contributed by atoms with van der Waals surface area (Å²) >= 11 is 3.53. The predicted molar refractivity (Wildman–Crippen MR) is 133 cm³/mol. The quantitative estimate of drug-likeness (QED) is 0.416. The Balaban J connectivity index is 1.43. The fourth-order valence-electron chi connectivity index (χ4n) is 4.24. The maximum Gasteiger partial charge on any atom is 0.270 e. The van der Waals surface area contributed by atoms with E-state index in [0.717, 1.165) is 40.6 Å². The summed E-state index contributed by atoms with van der Waals surface area (Å²) in [5.41, 5.74) is 3.01. The van der Waals surface area contributed by atoms with Crippen molar-refractivity contribution in [2.24, 2.45) is 0 Å². The fraction of sp³-hybridized carbons (Fsp3) is 0.440. The molecule has 0 unspecified atom stereocenters. The van der Waals surface area contributed by atoms with Crippen molar-refractivity contribution >= 4 is 44.3 Å². The zero-order valence-corrected chi connectivity index (χ0v) is 20.4. The van der Waals surface area contributed by atoms with Gasteiger partial charge in [0.15, 0.2) is 0 Å². The van der Waals surface area contributed by atoms with E-state index in [1.165, 1.54) is 25.7 Å². The van der Waals surface area contributed by atoms with Crippen molar-refractivity contribution in [2.45, 2.75) is 52.0 Å². The van der Waals surface area contributed by atoms with Crippen molar-refractivity contribution < 1.29 is 9.21 Å². The van der Waals surface area contributed by atoms with Crippen LogP contribution in [-0.4, -0.2) is 41.5 Å². The van der Waals surface area contributed by atoms with Crippen LogP contribution in [0.5, 0.6) is 0 Å². The number of pyridine rings is 1. The molecule has 1 aliphatic rings. The van der Waals surface area contributed by atoms with Crippen molar-refractivity contribution in [3.05, 3.63) is 52.3 Å². The molecule has 0 saturated carbocycles. The number of fused-ring (bicyclic) bond motifs is 1. The molecule has 0 radical (unpaired) electrons. The smallest absolute Gasteiger partial charge is 0.270 e. The Labute approximate surface area is 197 Å². The third-order valence-electron chi connectivity index (χ3n) is 6.22. The third kappa shape index (κ3) is 5.51.